The number of aromatic nitrogens is 1. The fourth-order valence-corrected chi connectivity index (χ4v) is 1.81. The minimum Gasteiger partial charge on any atom is -0.387 e. The number of aliphatic hydroxyl groups is 1. The summed E-state index contributed by atoms with van der Waals surface area (Å²) in [5.41, 5.74) is 1.29. The lowest BCUT2D eigenvalue weighted by Gasteiger charge is -2.27. The van der Waals surface area contributed by atoms with E-state index in [0.717, 1.165) is 0 Å². The third-order valence-corrected chi connectivity index (χ3v) is 2.81. The minimum absolute atomic E-state index is 0.142. The first-order valence-corrected chi connectivity index (χ1v) is 5.81. The molecule has 1 atom stereocenters. The van der Waals surface area contributed by atoms with E-state index >= 15 is 0 Å². The van der Waals surface area contributed by atoms with Crippen LogP contribution in [0.5, 0.6) is 0 Å². The molecule has 0 unspecified atom stereocenters. The van der Waals surface area contributed by atoms with Gasteiger partial charge in [0.05, 0.1) is 36.8 Å². The van der Waals surface area contributed by atoms with Crippen LogP contribution in [0.4, 0.5) is 5.69 Å². The molecule has 0 aliphatic carbocycles. The number of hydrogen-bond donors (Lipinski definition) is 2. The fraction of sp³-hybridized carbons (Fsp3) is 0.417. The molecule has 0 saturated carbocycles. The topological polar surface area (TPSA) is 82.5 Å². The Balaban J connectivity index is 2.14. The number of aliphatic hydroxyl groups excluding tert-OH is 1. The van der Waals surface area contributed by atoms with E-state index in [-0.39, 0.29) is 24.9 Å². The highest BCUT2D eigenvalue weighted by molar-refractivity contribution is 6.02. The quantitative estimate of drug-likeness (QED) is 0.736. The zero-order chi connectivity index (χ0) is 13.1. The number of hydrogen-bond acceptors (Lipinski definition) is 5. The predicted molar refractivity (Wildman–Crippen MR) is 64.9 cm³/mol. The highest BCUT2D eigenvalue weighted by atomic mass is 16.3. The van der Waals surface area contributed by atoms with Crippen LogP contribution in [0.3, 0.4) is 0 Å². The predicted octanol–water partition coefficient (Wildman–Crippen LogP) is -0.0122. The Morgan fingerprint density at radius 2 is 2.06 bits per heavy atom. The lowest BCUT2D eigenvalue weighted by molar-refractivity contribution is -0.130. The fourth-order valence-electron chi connectivity index (χ4n) is 1.81. The molecule has 6 nitrogen and oxygen atoms in total. The van der Waals surface area contributed by atoms with Gasteiger partial charge in [-0.2, -0.15) is 0 Å². The Morgan fingerprint density at radius 1 is 1.39 bits per heavy atom. The molecule has 0 bridgehead atoms. The van der Waals surface area contributed by atoms with Crippen molar-refractivity contribution in [2.24, 2.45) is 0 Å². The lowest BCUT2D eigenvalue weighted by Crippen LogP contribution is -2.51. The van der Waals surface area contributed by atoms with Crippen LogP contribution in [0.2, 0.25) is 0 Å². The van der Waals surface area contributed by atoms with Gasteiger partial charge in [-0.3, -0.25) is 19.9 Å². The number of carbonyl (C=O) groups is 2. The Labute approximate surface area is 105 Å². The molecule has 0 aromatic carbocycles. The van der Waals surface area contributed by atoms with Crippen molar-refractivity contribution in [3.63, 3.8) is 0 Å². The zero-order valence-corrected chi connectivity index (χ0v) is 10.1. The molecule has 2 heterocycles. The molecule has 0 radical (unpaired) electrons. The van der Waals surface area contributed by atoms with Gasteiger partial charge < -0.3 is 10.0 Å². The van der Waals surface area contributed by atoms with Gasteiger partial charge in [0.2, 0.25) is 11.8 Å². The Kier molecular flexibility index (Phi) is 3.57. The summed E-state index contributed by atoms with van der Waals surface area (Å²) in [4.78, 5) is 28.3. The van der Waals surface area contributed by atoms with E-state index in [4.69, 9.17) is 0 Å². The molecular formula is C12H15N3O3. The van der Waals surface area contributed by atoms with Crippen molar-refractivity contribution in [3.8, 4) is 0 Å². The van der Waals surface area contributed by atoms with E-state index in [1.807, 2.05) is 6.92 Å². The maximum atomic E-state index is 11.2. The maximum absolute atomic E-state index is 11.2. The Morgan fingerprint density at radius 3 is 2.56 bits per heavy atom. The van der Waals surface area contributed by atoms with Crippen molar-refractivity contribution in [2.45, 2.75) is 19.4 Å². The summed E-state index contributed by atoms with van der Waals surface area (Å²) in [6, 6.07) is 3.47. The SMILES string of the molecule is CC[C@@H](O)c1ccc(N2CC(=O)NC(=O)C2)cn1. The minimum atomic E-state index is -0.578. The molecule has 18 heavy (non-hydrogen) atoms. The van der Waals surface area contributed by atoms with E-state index in [2.05, 4.69) is 10.3 Å². The van der Waals surface area contributed by atoms with Gasteiger partial charge in [-0.15, -0.1) is 0 Å². The second kappa shape index (κ2) is 5.14. The van der Waals surface area contributed by atoms with Crippen molar-refractivity contribution in [1.29, 1.82) is 0 Å². The molecule has 1 saturated heterocycles. The van der Waals surface area contributed by atoms with Crippen molar-refractivity contribution in [2.75, 3.05) is 18.0 Å². The van der Waals surface area contributed by atoms with E-state index in [0.29, 0.717) is 17.8 Å². The van der Waals surface area contributed by atoms with Crippen LogP contribution in [0.25, 0.3) is 0 Å². The van der Waals surface area contributed by atoms with Crippen LogP contribution in [-0.2, 0) is 9.59 Å². The molecule has 0 spiro atoms. The van der Waals surface area contributed by atoms with Crippen molar-refractivity contribution in [3.05, 3.63) is 24.0 Å². The van der Waals surface area contributed by atoms with Crippen molar-refractivity contribution >= 4 is 17.5 Å². The van der Waals surface area contributed by atoms with Crippen LogP contribution in [0, 0.1) is 0 Å². The number of anilines is 1. The molecule has 6 heteroatoms. The highest BCUT2D eigenvalue weighted by Crippen LogP contribution is 2.18. The molecule has 2 N–H and O–H groups in total. The molecule has 1 aliphatic heterocycles. The second-order valence-corrected chi connectivity index (χ2v) is 4.19. The third kappa shape index (κ3) is 2.65. The summed E-state index contributed by atoms with van der Waals surface area (Å²) in [6.45, 7) is 2.15. The van der Waals surface area contributed by atoms with Crippen LogP contribution in [0.1, 0.15) is 25.1 Å². The standard InChI is InChI=1S/C12H15N3O3/c1-2-10(16)9-4-3-8(5-13-9)15-6-11(17)14-12(18)7-15/h3-5,10,16H,2,6-7H2,1H3,(H,14,17,18)/t10-/m1/s1. The molecule has 1 fully saturated rings. The molecule has 1 aromatic rings. The zero-order valence-electron chi connectivity index (χ0n) is 10.1. The van der Waals surface area contributed by atoms with E-state index < -0.39 is 6.10 Å². The number of piperazine rings is 1. The summed E-state index contributed by atoms with van der Waals surface area (Å²) in [5.74, 6) is -0.632. The van der Waals surface area contributed by atoms with Crippen LogP contribution in [-0.4, -0.2) is 35.0 Å². The first-order valence-electron chi connectivity index (χ1n) is 5.81. The summed E-state index contributed by atoms with van der Waals surface area (Å²) >= 11 is 0. The number of carbonyl (C=O) groups excluding carboxylic acids is 2. The number of pyridine rings is 1. The molecule has 2 rings (SSSR count). The third-order valence-electron chi connectivity index (χ3n) is 2.81. The van der Waals surface area contributed by atoms with Crippen LogP contribution >= 0.6 is 0 Å². The summed E-state index contributed by atoms with van der Waals surface area (Å²) in [6.07, 6.45) is 1.59. The van der Waals surface area contributed by atoms with Crippen molar-refractivity contribution < 1.29 is 14.7 Å². The van der Waals surface area contributed by atoms with Gasteiger partial charge in [0.25, 0.3) is 0 Å². The number of rotatable bonds is 3. The van der Waals surface area contributed by atoms with Gasteiger partial charge in [-0.05, 0) is 18.6 Å². The number of amides is 2. The van der Waals surface area contributed by atoms with Gasteiger partial charge in [-0.25, -0.2) is 0 Å². The number of imide groups is 1. The number of nitrogens with one attached hydrogen (secondary N) is 1. The lowest BCUT2D eigenvalue weighted by atomic mass is 10.2. The Hall–Kier alpha value is -1.95. The van der Waals surface area contributed by atoms with Gasteiger partial charge in [0, 0.05) is 0 Å². The van der Waals surface area contributed by atoms with Crippen LogP contribution in [0.15, 0.2) is 18.3 Å². The van der Waals surface area contributed by atoms with Gasteiger partial charge in [-0.1, -0.05) is 6.92 Å². The molecular weight excluding hydrogens is 234 g/mol. The van der Waals surface area contributed by atoms with E-state index in [9.17, 15) is 14.7 Å². The molecule has 1 aromatic heterocycles. The first-order chi connectivity index (χ1) is 8.60. The molecule has 96 valence electrons. The molecule has 1 aliphatic rings. The summed E-state index contributed by atoms with van der Waals surface area (Å²) in [5, 5.41) is 11.9. The first kappa shape index (κ1) is 12.5. The monoisotopic (exact) mass is 249 g/mol. The highest BCUT2D eigenvalue weighted by Gasteiger charge is 2.22. The largest absolute Gasteiger partial charge is 0.387 e. The summed E-state index contributed by atoms with van der Waals surface area (Å²) < 4.78 is 0. The van der Waals surface area contributed by atoms with Crippen LogP contribution < -0.4 is 10.2 Å². The summed E-state index contributed by atoms with van der Waals surface area (Å²) in [7, 11) is 0. The average Bonchev–Trinajstić information content (AvgIpc) is 2.37. The normalized spacial score (nSPS) is 17.6. The van der Waals surface area contributed by atoms with E-state index in [1.165, 1.54) is 0 Å². The average molecular weight is 249 g/mol. The number of nitrogens with zero attached hydrogens (tertiary/aromatic N) is 2. The smallest absolute Gasteiger partial charge is 0.246 e. The van der Waals surface area contributed by atoms with E-state index in [1.54, 1.807) is 23.2 Å². The van der Waals surface area contributed by atoms with Gasteiger partial charge in [0.15, 0.2) is 0 Å². The molecule has 2 amide bonds. The Bertz CT molecular complexity index is 442. The van der Waals surface area contributed by atoms with Gasteiger partial charge >= 0.3 is 0 Å². The second-order valence-electron chi connectivity index (χ2n) is 4.19. The maximum Gasteiger partial charge on any atom is 0.246 e. The van der Waals surface area contributed by atoms with Gasteiger partial charge in [0.1, 0.15) is 0 Å². The van der Waals surface area contributed by atoms with Crippen molar-refractivity contribution in [1.82, 2.24) is 10.3 Å².